The SMILES string of the molecule is CC1CCCC(C)N1NC1C2CCOC2C1(C)C. The lowest BCUT2D eigenvalue weighted by Gasteiger charge is -2.57. The molecule has 0 amide bonds. The molecule has 1 saturated carbocycles. The van der Waals surface area contributed by atoms with Crippen molar-refractivity contribution in [3.05, 3.63) is 0 Å². The number of rotatable bonds is 2. The number of ether oxygens (including phenoxy) is 1. The van der Waals surface area contributed by atoms with Gasteiger partial charge in [-0.2, -0.15) is 0 Å². The van der Waals surface area contributed by atoms with Crippen LogP contribution in [-0.2, 0) is 4.74 Å². The minimum Gasteiger partial charge on any atom is -0.377 e. The van der Waals surface area contributed by atoms with Crippen LogP contribution >= 0.6 is 0 Å². The third kappa shape index (κ3) is 1.83. The first-order valence-corrected chi connectivity index (χ1v) is 7.68. The Labute approximate surface area is 111 Å². The van der Waals surface area contributed by atoms with Crippen LogP contribution in [0.4, 0.5) is 0 Å². The first-order valence-electron chi connectivity index (χ1n) is 7.68. The van der Waals surface area contributed by atoms with Crippen LogP contribution in [0.1, 0.15) is 53.4 Å². The number of nitrogens with one attached hydrogen (secondary N) is 1. The number of hydrogen-bond donors (Lipinski definition) is 1. The molecule has 2 saturated heterocycles. The highest BCUT2D eigenvalue weighted by Crippen LogP contribution is 2.52. The molecule has 3 aliphatic rings. The third-order valence-electron chi connectivity index (χ3n) is 5.58. The van der Waals surface area contributed by atoms with E-state index in [4.69, 9.17) is 4.74 Å². The standard InChI is InChI=1S/C15H28N2O/c1-10-6-5-7-11(2)17(10)16-13-12-8-9-18-14(12)15(13,3)4/h10-14,16H,5-9H2,1-4H3. The highest BCUT2D eigenvalue weighted by atomic mass is 16.5. The Morgan fingerprint density at radius 1 is 1.11 bits per heavy atom. The van der Waals surface area contributed by atoms with E-state index in [9.17, 15) is 0 Å². The normalized spacial score (nSPS) is 47.7. The van der Waals surface area contributed by atoms with Crippen molar-refractivity contribution in [2.24, 2.45) is 11.3 Å². The van der Waals surface area contributed by atoms with Gasteiger partial charge in [-0.3, -0.25) is 5.43 Å². The van der Waals surface area contributed by atoms with E-state index in [1.165, 1.54) is 25.7 Å². The molecule has 3 heteroatoms. The highest BCUT2D eigenvalue weighted by Gasteiger charge is 2.59. The van der Waals surface area contributed by atoms with E-state index >= 15 is 0 Å². The molecule has 104 valence electrons. The van der Waals surface area contributed by atoms with Crippen LogP contribution in [0, 0.1) is 11.3 Å². The lowest BCUT2D eigenvalue weighted by molar-refractivity contribution is -0.144. The molecule has 0 radical (unpaired) electrons. The maximum absolute atomic E-state index is 5.88. The molecule has 1 aliphatic carbocycles. The van der Waals surface area contributed by atoms with Gasteiger partial charge in [0.2, 0.25) is 0 Å². The first kappa shape index (κ1) is 12.9. The van der Waals surface area contributed by atoms with Crippen molar-refractivity contribution < 1.29 is 4.74 Å². The molecule has 0 aromatic carbocycles. The molecule has 0 spiro atoms. The van der Waals surface area contributed by atoms with E-state index < -0.39 is 0 Å². The van der Waals surface area contributed by atoms with Crippen LogP contribution in [0.3, 0.4) is 0 Å². The van der Waals surface area contributed by atoms with Gasteiger partial charge in [0.15, 0.2) is 0 Å². The van der Waals surface area contributed by atoms with Gasteiger partial charge >= 0.3 is 0 Å². The molecular weight excluding hydrogens is 224 g/mol. The summed E-state index contributed by atoms with van der Waals surface area (Å²) in [5, 5.41) is 2.53. The lowest BCUT2D eigenvalue weighted by atomic mass is 9.57. The fourth-order valence-electron chi connectivity index (χ4n) is 4.42. The van der Waals surface area contributed by atoms with Crippen molar-refractivity contribution >= 4 is 0 Å². The van der Waals surface area contributed by atoms with E-state index in [0.29, 0.717) is 24.2 Å². The summed E-state index contributed by atoms with van der Waals surface area (Å²) in [6.07, 6.45) is 5.77. The Kier molecular flexibility index (Phi) is 3.20. The van der Waals surface area contributed by atoms with Gasteiger partial charge < -0.3 is 4.74 Å². The largest absolute Gasteiger partial charge is 0.377 e. The molecule has 0 aromatic heterocycles. The maximum atomic E-state index is 5.88. The second kappa shape index (κ2) is 4.46. The molecule has 3 nitrogen and oxygen atoms in total. The summed E-state index contributed by atoms with van der Waals surface area (Å²) in [5.41, 5.74) is 4.16. The number of nitrogens with zero attached hydrogens (tertiary/aromatic N) is 1. The first-order chi connectivity index (χ1) is 8.51. The predicted molar refractivity (Wildman–Crippen MR) is 73.2 cm³/mol. The predicted octanol–water partition coefficient (Wildman–Crippen LogP) is 2.57. The Bertz CT molecular complexity index is 308. The molecule has 5 unspecified atom stereocenters. The molecule has 3 fully saturated rings. The molecular formula is C15H28N2O. The summed E-state index contributed by atoms with van der Waals surface area (Å²) in [6, 6.07) is 1.95. The minimum atomic E-state index is 0.290. The second-order valence-electron chi connectivity index (χ2n) is 7.21. The fraction of sp³-hybridized carbons (Fsp3) is 1.00. The Balaban J connectivity index is 1.68. The van der Waals surface area contributed by atoms with Crippen LogP contribution in [0.15, 0.2) is 0 Å². The average molecular weight is 252 g/mol. The Morgan fingerprint density at radius 2 is 1.78 bits per heavy atom. The van der Waals surface area contributed by atoms with E-state index in [1.54, 1.807) is 0 Å². The summed E-state index contributed by atoms with van der Waals surface area (Å²) in [6.45, 7) is 10.4. The number of piperidine rings is 1. The van der Waals surface area contributed by atoms with Gasteiger partial charge in [0.1, 0.15) is 0 Å². The monoisotopic (exact) mass is 252 g/mol. The molecule has 18 heavy (non-hydrogen) atoms. The van der Waals surface area contributed by atoms with Gasteiger partial charge in [-0.15, -0.1) is 0 Å². The maximum Gasteiger partial charge on any atom is 0.0686 e. The Hall–Kier alpha value is -0.120. The van der Waals surface area contributed by atoms with E-state index in [-0.39, 0.29) is 5.41 Å². The van der Waals surface area contributed by atoms with Gasteiger partial charge in [0.05, 0.1) is 6.10 Å². The van der Waals surface area contributed by atoms with Crippen molar-refractivity contribution in [3.63, 3.8) is 0 Å². The van der Waals surface area contributed by atoms with E-state index in [0.717, 1.165) is 12.5 Å². The van der Waals surface area contributed by atoms with Crippen LogP contribution in [0.2, 0.25) is 0 Å². The summed E-state index contributed by atoms with van der Waals surface area (Å²) < 4.78 is 5.88. The van der Waals surface area contributed by atoms with Crippen LogP contribution in [-0.4, -0.2) is 35.8 Å². The minimum absolute atomic E-state index is 0.290. The van der Waals surface area contributed by atoms with E-state index in [2.05, 4.69) is 38.1 Å². The zero-order valence-corrected chi connectivity index (χ0v) is 12.3. The molecule has 0 aromatic rings. The summed E-state index contributed by atoms with van der Waals surface area (Å²) in [7, 11) is 0. The molecule has 0 bridgehead atoms. The number of hydrogen-bond acceptors (Lipinski definition) is 3. The third-order valence-corrected chi connectivity index (χ3v) is 5.58. The van der Waals surface area contributed by atoms with Crippen LogP contribution in [0.5, 0.6) is 0 Å². The van der Waals surface area contributed by atoms with Gasteiger partial charge in [0.25, 0.3) is 0 Å². The highest BCUT2D eigenvalue weighted by molar-refractivity contribution is 5.11. The van der Waals surface area contributed by atoms with Crippen molar-refractivity contribution in [1.29, 1.82) is 0 Å². The van der Waals surface area contributed by atoms with Gasteiger partial charge in [0, 0.05) is 36.1 Å². The number of hydrazine groups is 1. The van der Waals surface area contributed by atoms with Crippen molar-refractivity contribution in [1.82, 2.24) is 10.4 Å². The fourth-order valence-corrected chi connectivity index (χ4v) is 4.42. The van der Waals surface area contributed by atoms with E-state index in [1.807, 2.05) is 0 Å². The smallest absolute Gasteiger partial charge is 0.0686 e. The van der Waals surface area contributed by atoms with Crippen molar-refractivity contribution in [2.45, 2.75) is 77.6 Å². The van der Waals surface area contributed by atoms with Crippen LogP contribution in [0.25, 0.3) is 0 Å². The van der Waals surface area contributed by atoms with Crippen LogP contribution < -0.4 is 5.43 Å². The molecule has 3 rings (SSSR count). The van der Waals surface area contributed by atoms with Crippen molar-refractivity contribution in [3.8, 4) is 0 Å². The molecule has 5 atom stereocenters. The molecule has 2 aliphatic heterocycles. The van der Waals surface area contributed by atoms with Gasteiger partial charge in [-0.1, -0.05) is 20.3 Å². The zero-order chi connectivity index (χ0) is 12.9. The molecule has 1 N–H and O–H groups in total. The average Bonchev–Trinajstić information content (AvgIpc) is 2.75. The quantitative estimate of drug-likeness (QED) is 0.817. The number of fused-ring (bicyclic) bond motifs is 1. The summed E-state index contributed by atoms with van der Waals surface area (Å²) in [5.74, 6) is 0.737. The second-order valence-corrected chi connectivity index (χ2v) is 7.21. The lowest BCUT2D eigenvalue weighted by Crippen LogP contribution is -2.70. The molecule has 2 heterocycles. The summed E-state index contributed by atoms with van der Waals surface area (Å²) in [4.78, 5) is 0. The topological polar surface area (TPSA) is 24.5 Å². The van der Waals surface area contributed by atoms with Gasteiger partial charge in [-0.25, -0.2) is 5.01 Å². The van der Waals surface area contributed by atoms with Crippen molar-refractivity contribution in [2.75, 3.05) is 6.61 Å². The summed E-state index contributed by atoms with van der Waals surface area (Å²) >= 11 is 0. The zero-order valence-electron chi connectivity index (χ0n) is 12.3. The van der Waals surface area contributed by atoms with Gasteiger partial charge in [-0.05, 0) is 33.1 Å². The Morgan fingerprint density at radius 3 is 2.44 bits per heavy atom.